The molecule has 0 unspecified atom stereocenters. The van der Waals surface area contributed by atoms with E-state index in [9.17, 15) is 8.78 Å². The number of halogens is 3. The Balaban J connectivity index is 3.00. The summed E-state index contributed by atoms with van der Waals surface area (Å²) >= 11 is 5.58. The molecule has 1 atom stereocenters. The number of nitrogens with two attached hydrogens (primary N) is 1. The predicted molar refractivity (Wildman–Crippen MR) is 48.2 cm³/mol. The van der Waals surface area contributed by atoms with Crippen LogP contribution >= 0.6 is 11.6 Å². The van der Waals surface area contributed by atoms with Crippen molar-refractivity contribution in [1.29, 1.82) is 0 Å². The largest absolute Gasteiger partial charge is 0.390 e. The molecule has 14 heavy (non-hydrogen) atoms. The van der Waals surface area contributed by atoms with Crippen LogP contribution in [0.4, 0.5) is 8.78 Å². The van der Waals surface area contributed by atoms with E-state index in [-0.39, 0.29) is 10.7 Å². The van der Waals surface area contributed by atoms with Crippen LogP contribution in [0.2, 0.25) is 5.15 Å². The van der Waals surface area contributed by atoms with Crippen LogP contribution in [0.1, 0.15) is 11.6 Å². The summed E-state index contributed by atoms with van der Waals surface area (Å²) in [4.78, 5) is 3.62. The van der Waals surface area contributed by atoms with Crippen molar-refractivity contribution in [2.24, 2.45) is 5.73 Å². The summed E-state index contributed by atoms with van der Waals surface area (Å²) in [6, 6.07) is 1.16. The molecule has 6 heteroatoms. The zero-order valence-corrected chi connectivity index (χ0v) is 7.88. The van der Waals surface area contributed by atoms with Crippen LogP contribution in [0.25, 0.3) is 0 Å². The fourth-order valence-electron chi connectivity index (χ4n) is 0.956. The van der Waals surface area contributed by atoms with Crippen molar-refractivity contribution < 1.29 is 13.9 Å². The van der Waals surface area contributed by atoms with E-state index in [1.54, 1.807) is 0 Å². The highest BCUT2D eigenvalue weighted by atomic mass is 35.5. The van der Waals surface area contributed by atoms with E-state index in [2.05, 4.69) is 4.98 Å². The van der Waals surface area contributed by atoms with Gasteiger partial charge >= 0.3 is 0 Å². The molecule has 0 radical (unpaired) electrons. The number of nitrogens with zero attached hydrogens (tertiary/aromatic N) is 1. The highest BCUT2D eigenvalue weighted by molar-refractivity contribution is 6.30. The summed E-state index contributed by atoms with van der Waals surface area (Å²) in [5, 5.41) is 8.35. The molecule has 0 aliphatic rings. The smallest absolute Gasteiger partial charge is 0.289 e. The molecule has 0 spiro atoms. The molecule has 1 aromatic rings. The standard InChI is InChI=1S/C8H9ClF2N2O/c9-7-5(2-1-3-13-7)6(12)8(10,11)4-14/h1-3,6,14H,4,12H2/t6-/m0/s1. The van der Waals surface area contributed by atoms with Crippen molar-refractivity contribution in [2.75, 3.05) is 6.61 Å². The lowest BCUT2D eigenvalue weighted by molar-refractivity contribution is -0.0712. The first-order chi connectivity index (χ1) is 6.49. The van der Waals surface area contributed by atoms with Gasteiger partial charge in [0.05, 0.1) is 6.04 Å². The number of alkyl halides is 2. The summed E-state index contributed by atoms with van der Waals surface area (Å²) in [5.74, 6) is -3.40. The normalized spacial score (nSPS) is 14.1. The predicted octanol–water partition coefficient (Wildman–Crippen LogP) is 1.36. The van der Waals surface area contributed by atoms with Crippen molar-refractivity contribution in [1.82, 2.24) is 4.98 Å². The number of aliphatic hydroxyl groups excluding tert-OH is 1. The second kappa shape index (κ2) is 4.16. The first kappa shape index (κ1) is 11.3. The molecule has 78 valence electrons. The Bertz CT molecular complexity index is 322. The third-order valence-corrected chi connectivity index (χ3v) is 2.10. The topological polar surface area (TPSA) is 59.1 Å². The van der Waals surface area contributed by atoms with Gasteiger partial charge in [-0.3, -0.25) is 0 Å². The fourth-order valence-corrected chi connectivity index (χ4v) is 1.19. The number of rotatable bonds is 3. The number of aliphatic hydroxyl groups is 1. The second-order valence-corrected chi connectivity index (χ2v) is 3.14. The molecule has 0 aliphatic carbocycles. The number of aromatic nitrogens is 1. The first-order valence-corrected chi connectivity index (χ1v) is 4.21. The maximum absolute atomic E-state index is 13.0. The fraction of sp³-hybridized carbons (Fsp3) is 0.375. The van der Waals surface area contributed by atoms with Crippen molar-refractivity contribution >= 4 is 11.6 Å². The molecule has 0 saturated heterocycles. The van der Waals surface area contributed by atoms with Gasteiger partial charge in [-0.2, -0.15) is 0 Å². The van der Waals surface area contributed by atoms with E-state index in [1.165, 1.54) is 18.3 Å². The molecule has 0 bridgehead atoms. The van der Waals surface area contributed by atoms with Gasteiger partial charge in [0.25, 0.3) is 5.92 Å². The van der Waals surface area contributed by atoms with E-state index in [1.807, 2.05) is 0 Å². The van der Waals surface area contributed by atoms with E-state index in [4.69, 9.17) is 22.4 Å². The van der Waals surface area contributed by atoms with Crippen LogP contribution in [-0.2, 0) is 0 Å². The van der Waals surface area contributed by atoms with E-state index in [0.29, 0.717) is 0 Å². The monoisotopic (exact) mass is 222 g/mol. The molecule has 0 aromatic carbocycles. The Morgan fingerprint density at radius 1 is 1.64 bits per heavy atom. The van der Waals surface area contributed by atoms with Crippen LogP contribution < -0.4 is 5.73 Å². The van der Waals surface area contributed by atoms with Crippen molar-refractivity contribution in [3.63, 3.8) is 0 Å². The Morgan fingerprint density at radius 3 is 2.79 bits per heavy atom. The molecule has 3 N–H and O–H groups in total. The quantitative estimate of drug-likeness (QED) is 0.760. The summed E-state index contributed by atoms with van der Waals surface area (Å²) in [7, 11) is 0. The van der Waals surface area contributed by atoms with Crippen LogP contribution in [0, 0.1) is 0 Å². The van der Waals surface area contributed by atoms with Gasteiger partial charge in [0.1, 0.15) is 11.8 Å². The third kappa shape index (κ3) is 2.17. The van der Waals surface area contributed by atoms with E-state index >= 15 is 0 Å². The van der Waals surface area contributed by atoms with E-state index in [0.717, 1.165) is 0 Å². The lowest BCUT2D eigenvalue weighted by Gasteiger charge is -2.21. The summed E-state index contributed by atoms with van der Waals surface area (Å²) in [6.07, 6.45) is 1.37. The Labute approximate surface area is 84.5 Å². The van der Waals surface area contributed by atoms with Gasteiger partial charge in [0, 0.05) is 11.8 Å². The zero-order chi connectivity index (χ0) is 10.8. The summed E-state index contributed by atoms with van der Waals surface area (Å²) in [6.45, 7) is -1.32. The SMILES string of the molecule is N[C@@H](c1cccnc1Cl)C(F)(F)CO. The molecule has 1 heterocycles. The number of hydrogen-bond acceptors (Lipinski definition) is 3. The van der Waals surface area contributed by atoms with Crippen LogP contribution in [0.15, 0.2) is 18.3 Å². The molecule has 0 saturated carbocycles. The first-order valence-electron chi connectivity index (χ1n) is 3.83. The van der Waals surface area contributed by atoms with Crippen LogP contribution in [0.5, 0.6) is 0 Å². The summed E-state index contributed by atoms with van der Waals surface area (Å²) < 4.78 is 25.9. The van der Waals surface area contributed by atoms with E-state index < -0.39 is 18.6 Å². The lowest BCUT2D eigenvalue weighted by atomic mass is 10.0. The maximum atomic E-state index is 13.0. The van der Waals surface area contributed by atoms with Gasteiger partial charge in [-0.1, -0.05) is 17.7 Å². The Morgan fingerprint density at radius 2 is 2.29 bits per heavy atom. The van der Waals surface area contributed by atoms with Gasteiger partial charge in [-0.25, -0.2) is 13.8 Å². The average Bonchev–Trinajstić information content (AvgIpc) is 2.17. The maximum Gasteiger partial charge on any atom is 0.289 e. The van der Waals surface area contributed by atoms with Crippen molar-refractivity contribution in [3.8, 4) is 0 Å². The second-order valence-electron chi connectivity index (χ2n) is 2.78. The van der Waals surface area contributed by atoms with Gasteiger partial charge in [-0.15, -0.1) is 0 Å². The molecular weight excluding hydrogens is 214 g/mol. The Kier molecular flexibility index (Phi) is 3.36. The zero-order valence-electron chi connectivity index (χ0n) is 7.12. The minimum Gasteiger partial charge on any atom is -0.390 e. The highest BCUT2D eigenvalue weighted by Crippen LogP contribution is 2.31. The minimum atomic E-state index is -3.40. The lowest BCUT2D eigenvalue weighted by Crippen LogP contribution is -2.36. The minimum absolute atomic E-state index is 0.0215. The van der Waals surface area contributed by atoms with Gasteiger partial charge in [-0.05, 0) is 6.07 Å². The molecule has 3 nitrogen and oxygen atoms in total. The van der Waals surface area contributed by atoms with Gasteiger partial charge in [0.15, 0.2) is 0 Å². The highest BCUT2D eigenvalue weighted by Gasteiger charge is 2.38. The third-order valence-electron chi connectivity index (χ3n) is 1.79. The molecule has 1 aromatic heterocycles. The molecular formula is C8H9ClF2N2O. The van der Waals surface area contributed by atoms with Crippen LogP contribution in [-0.4, -0.2) is 22.6 Å². The Hall–Kier alpha value is -0.780. The van der Waals surface area contributed by atoms with Crippen molar-refractivity contribution in [3.05, 3.63) is 29.0 Å². The van der Waals surface area contributed by atoms with Crippen molar-refractivity contribution in [2.45, 2.75) is 12.0 Å². The molecule has 1 rings (SSSR count). The molecule has 0 amide bonds. The number of pyridine rings is 1. The molecule has 0 fully saturated rings. The number of hydrogen-bond donors (Lipinski definition) is 2. The van der Waals surface area contributed by atoms with Crippen LogP contribution in [0.3, 0.4) is 0 Å². The average molecular weight is 223 g/mol. The van der Waals surface area contributed by atoms with Gasteiger partial charge in [0.2, 0.25) is 0 Å². The van der Waals surface area contributed by atoms with Gasteiger partial charge < -0.3 is 10.8 Å². The molecule has 0 aliphatic heterocycles. The summed E-state index contributed by atoms with van der Waals surface area (Å²) in [5.41, 5.74) is 5.27.